The van der Waals surface area contributed by atoms with Gasteiger partial charge in [0.2, 0.25) is 0 Å². The second kappa shape index (κ2) is 4.79. The first-order chi connectivity index (χ1) is 7.69. The number of carbonyl (C=O) groups is 1. The average Bonchev–Trinajstić information content (AvgIpc) is 2.11. The number of phenols is 1. The maximum atomic E-state index is 13.0. The summed E-state index contributed by atoms with van der Waals surface area (Å²) in [5.74, 6) is -1.45. The van der Waals surface area contributed by atoms with Gasteiger partial charge in [0.25, 0.3) is 0 Å². The summed E-state index contributed by atoms with van der Waals surface area (Å²) in [4.78, 5) is 11.4. The zero-order chi connectivity index (χ0) is 13.2. The number of phenolic OH excluding ortho intramolecular Hbond substituents is 1. The number of nitrogens with one attached hydrogen (secondary N) is 1. The van der Waals surface area contributed by atoms with E-state index in [1.165, 1.54) is 0 Å². The Hall–Kier alpha value is -1.49. The van der Waals surface area contributed by atoms with Crippen molar-refractivity contribution in [3.63, 3.8) is 0 Å². The highest BCUT2D eigenvalue weighted by Crippen LogP contribution is 2.29. The van der Waals surface area contributed by atoms with Crippen LogP contribution in [0.15, 0.2) is 12.1 Å². The van der Waals surface area contributed by atoms with Crippen molar-refractivity contribution in [3.8, 4) is 5.75 Å². The van der Waals surface area contributed by atoms with Crippen LogP contribution < -0.4 is 5.32 Å². The first-order valence-electron chi connectivity index (χ1n) is 4.87. The van der Waals surface area contributed by atoms with Crippen molar-refractivity contribution >= 4 is 23.4 Å². The van der Waals surface area contributed by atoms with Crippen LogP contribution in [-0.2, 0) is 4.74 Å². The van der Waals surface area contributed by atoms with Gasteiger partial charge in [0.05, 0.1) is 10.7 Å². The highest BCUT2D eigenvalue weighted by molar-refractivity contribution is 6.33. The maximum absolute atomic E-state index is 13.0. The summed E-state index contributed by atoms with van der Waals surface area (Å²) in [6, 6.07) is 1.92. The lowest BCUT2D eigenvalue weighted by atomic mass is 10.2. The summed E-state index contributed by atoms with van der Waals surface area (Å²) in [6.07, 6.45) is -0.746. The van der Waals surface area contributed by atoms with E-state index < -0.39 is 23.3 Å². The number of amides is 1. The van der Waals surface area contributed by atoms with E-state index in [0.717, 1.165) is 12.1 Å². The number of anilines is 1. The van der Waals surface area contributed by atoms with Gasteiger partial charge in [0.15, 0.2) is 11.6 Å². The van der Waals surface area contributed by atoms with Gasteiger partial charge in [-0.3, -0.25) is 5.32 Å². The molecule has 4 nitrogen and oxygen atoms in total. The second-order valence-corrected chi connectivity index (χ2v) is 4.82. The Morgan fingerprint density at radius 1 is 1.47 bits per heavy atom. The Kier molecular flexibility index (Phi) is 3.83. The fourth-order valence-corrected chi connectivity index (χ4v) is 1.25. The van der Waals surface area contributed by atoms with Gasteiger partial charge in [-0.1, -0.05) is 11.6 Å². The van der Waals surface area contributed by atoms with Gasteiger partial charge in [-0.2, -0.15) is 0 Å². The van der Waals surface area contributed by atoms with Gasteiger partial charge < -0.3 is 9.84 Å². The standard InChI is InChI=1S/C11H13ClFNO3/c1-11(2,3)17-10(16)14-8-5-7(13)9(15)4-6(8)12/h4-5,15H,1-3H3,(H,14,16). The fraction of sp³-hybridized carbons (Fsp3) is 0.364. The van der Waals surface area contributed by atoms with E-state index in [4.69, 9.17) is 21.4 Å². The molecule has 0 radical (unpaired) electrons. The highest BCUT2D eigenvalue weighted by atomic mass is 35.5. The second-order valence-electron chi connectivity index (χ2n) is 4.41. The molecule has 17 heavy (non-hydrogen) atoms. The summed E-state index contributed by atoms with van der Waals surface area (Å²) in [5, 5.41) is 11.4. The van der Waals surface area contributed by atoms with E-state index >= 15 is 0 Å². The number of aromatic hydroxyl groups is 1. The lowest BCUT2D eigenvalue weighted by Crippen LogP contribution is -2.27. The van der Waals surface area contributed by atoms with Crippen LogP contribution in [0, 0.1) is 5.82 Å². The minimum absolute atomic E-state index is 0.0229. The van der Waals surface area contributed by atoms with E-state index in [9.17, 15) is 9.18 Å². The molecule has 2 N–H and O–H groups in total. The number of benzene rings is 1. The number of rotatable bonds is 1. The molecule has 0 saturated heterocycles. The van der Waals surface area contributed by atoms with Gasteiger partial charge in [-0.05, 0) is 20.8 Å². The molecule has 0 fully saturated rings. The Balaban J connectivity index is 2.82. The SMILES string of the molecule is CC(C)(C)OC(=O)Nc1cc(F)c(O)cc1Cl. The molecule has 6 heteroatoms. The molecular formula is C11H13ClFNO3. The van der Waals surface area contributed by atoms with Crippen molar-refractivity contribution in [3.05, 3.63) is 23.0 Å². The first kappa shape index (κ1) is 13.6. The molecule has 0 bridgehead atoms. The number of hydrogen-bond donors (Lipinski definition) is 2. The summed E-state index contributed by atoms with van der Waals surface area (Å²) >= 11 is 5.72. The van der Waals surface area contributed by atoms with Gasteiger partial charge >= 0.3 is 6.09 Å². The van der Waals surface area contributed by atoms with Crippen LogP contribution in [0.3, 0.4) is 0 Å². The molecule has 0 heterocycles. The van der Waals surface area contributed by atoms with E-state index in [1.54, 1.807) is 20.8 Å². The van der Waals surface area contributed by atoms with Crippen LogP contribution in [0.5, 0.6) is 5.75 Å². The predicted octanol–water partition coefficient (Wildman–Crippen LogP) is 3.53. The zero-order valence-electron chi connectivity index (χ0n) is 9.67. The van der Waals surface area contributed by atoms with Crippen LogP contribution in [-0.4, -0.2) is 16.8 Å². The van der Waals surface area contributed by atoms with Gasteiger partial charge in [0.1, 0.15) is 5.60 Å². The van der Waals surface area contributed by atoms with E-state index in [-0.39, 0.29) is 10.7 Å². The molecule has 0 aliphatic heterocycles. The van der Waals surface area contributed by atoms with Crippen molar-refractivity contribution in [2.45, 2.75) is 26.4 Å². The van der Waals surface area contributed by atoms with Crippen LogP contribution in [0.4, 0.5) is 14.9 Å². The van der Waals surface area contributed by atoms with E-state index in [1.807, 2.05) is 0 Å². The summed E-state index contributed by atoms with van der Waals surface area (Å²) < 4.78 is 18.0. The molecule has 0 aliphatic rings. The smallest absolute Gasteiger partial charge is 0.412 e. The van der Waals surface area contributed by atoms with Gasteiger partial charge in [0, 0.05) is 12.1 Å². The Labute approximate surface area is 103 Å². The van der Waals surface area contributed by atoms with Crippen molar-refractivity contribution in [2.75, 3.05) is 5.32 Å². The molecule has 0 spiro atoms. The van der Waals surface area contributed by atoms with E-state index in [0.29, 0.717) is 0 Å². The molecule has 0 aromatic heterocycles. The van der Waals surface area contributed by atoms with Crippen LogP contribution in [0.25, 0.3) is 0 Å². The zero-order valence-corrected chi connectivity index (χ0v) is 10.4. The van der Waals surface area contributed by atoms with Crippen molar-refractivity contribution < 1.29 is 19.0 Å². The van der Waals surface area contributed by atoms with E-state index in [2.05, 4.69) is 5.32 Å². The average molecular weight is 262 g/mol. The van der Waals surface area contributed by atoms with Crippen molar-refractivity contribution in [1.82, 2.24) is 0 Å². The minimum Gasteiger partial charge on any atom is -0.505 e. The Morgan fingerprint density at radius 3 is 2.59 bits per heavy atom. The largest absolute Gasteiger partial charge is 0.505 e. The first-order valence-corrected chi connectivity index (χ1v) is 5.25. The summed E-state index contributed by atoms with van der Waals surface area (Å²) in [6.45, 7) is 5.10. The Morgan fingerprint density at radius 2 is 2.06 bits per heavy atom. The molecule has 1 aromatic rings. The number of carbonyl (C=O) groups excluding carboxylic acids is 1. The molecule has 0 atom stereocenters. The lowest BCUT2D eigenvalue weighted by Gasteiger charge is -2.20. The number of ether oxygens (including phenoxy) is 1. The number of halogens is 2. The van der Waals surface area contributed by atoms with Gasteiger partial charge in [-0.25, -0.2) is 9.18 Å². The predicted molar refractivity (Wildman–Crippen MR) is 62.9 cm³/mol. The molecule has 0 unspecified atom stereocenters. The molecule has 1 amide bonds. The summed E-state index contributed by atoms with van der Waals surface area (Å²) in [7, 11) is 0. The molecule has 1 aromatic carbocycles. The molecule has 1 rings (SSSR count). The topological polar surface area (TPSA) is 58.6 Å². The molecule has 0 saturated carbocycles. The van der Waals surface area contributed by atoms with Crippen LogP contribution in [0.1, 0.15) is 20.8 Å². The van der Waals surface area contributed by atoms with Crippen LogP contribution >= 0.6 is 11.6 Å². The maximum Gasteiger partial charge on any atom is 0.412 e. The monoisotopic (exact) mass is 261 g/mol. The number of hydrogen-bond acceptors (Lipinski definition) is 3. The third-order valence-electron chi connectivity index (χ3n) is 1.67. The Bertz CT molecular complexity index is 443. The third-order valence-corrected chi connectivity index (χ3v) is 1.98. The lowest BCUT2D eigenvalue weighted by molar-refractivity contribution is 0.0636. The third kappa shape index (κ3) is 4.11. The highest BCUT2D eigenvalue weighted by Gasteiger charge is 2.17. The molecule has 0 aliphatic carbocycles. The van der Waals surface area contributed by atoms with Crippen molar-refractivity contribution in [1.29, 1.82) is 0 Å². The van der Waals surface area contributed by atoms with Gasteiger partial charge in [-0.15, -0.1) is 0 Å². The molecule has 94 valence electrons. The minimum atomic E-state index is -0.875. The fourth-order valence-electron chi connectivity index (χ4n) is 1.05. The quantitative estimate of drug-likeness (QED) is 0.760. The van der Waals surface area contributed by atoms with Crippen molar-refractivity contribution in [2.24, 2.45) is 0 Å². The molecular weight excluding hydrogens is 249 g/mol. The van der Waals surface area contributed by atoms with Crippen LogP contribution in [0.2, 0.25) is 5.02 Å². The summed E-state index contributed by atoms with van der Waals surface area (Å²) in [5.41, 5.74) is -0.623. The normalized spacial score (nSPS) is 11.1.